The number of nitrogens with two attached hydrogens (primary N) is 1. The average molecular weight is 352 g/mol. The summed E-state index contributed by atoms with van der Waals surface area (Å²) in [7, 11) is 0. The standard InChI is InChI=1S/C21H16N6/c22-20-23-11-13(12-24-20)14-9-10-17(16-6-2-1-5-15(14)16)25-21-26-18-7-3-4-8-19(18)27-21/h1-12H,(H2,22,23,24)(H2,25,26,27). The van der Waals surface area contributed by atoms with Crippen molar-refractivity contribution in [3.63, 3.8) is 0 Å². The van der Waals surface area contributed by atoms with Crippen molar-refractivity contribution in [1.82, 2.24) is 19.9 Å². The topological polar surface area (TPSA) is 92.5 Å². The number of imidazole rings is 1. The highest BCUT2D eigenvalue weighted by molar-refractivity contribution is 6.04. The third-order valence-corrected chi connectivity index (χ3v) is 4.55. The van der Waals surface area contributed by atoms with Crippen molar-refractivity contribution in [2.75, 3.05) is 11.1 Å². The van der Waals surface area contributed by atoms with Gasteiger partial charge in [-0.2, -0.15) is 0 Å². The second kappa shape index (κ2) is 6.10. The van der Waals surface area contributed by atoms with Crippen molar-refractivity contribution in [2.24, 2.45) is 0 Å². The first-order valence-electron chi connectivity index (χ1n) is 8.59. The van der Waals surface area contributed by atoms with Gasteiger partial charge in [0.2, 0.25) is 11.9 Å². The van der Waals surface area contributed by atoms with Crippen LogP contribution in [0.4, 0.5) is 17.6 Å². The van der Waals surface area contributed by atoms with Crippen LogP contribution in [-0.4, -0.2) is 19.9 Å². The first-order chi connectivity index (χ1) is 13.3. The van der Waals surface area contributed by atoms with E-state index in [1.54, 1.807) is 12.4 Å². The number of aromatic nitrogens is 4. The number of benzene rings is 3. The van der Waals surface area contributed by atoms with Crippen LogP contribution < -0.4 is 11.1 Å². The van der Waals surface area contributed by atoms with Crippen LogP contribution in [0.25, 0.3) is 32.9 Å². The summed E-state index contributed by atoms with van der Waals surface area (Å²) in [5.41, 5.74) is 10.5. The van der Waals surface area contributed by atoms with Crippen LogP contribution in [0.15, 0.2) is 73.1 Å². The molecule has 0 spiro atoms. The van der Waals surface area contributed by atoms with Gasteiger partial charge in [0.15, 0.2) is 0 Å². The minimum atomic E-state index is 0.270. The van der Waals surface area contributed by atoms with Gasteiger partial charge in [-0.1, -0.05) is 42.5 Å². The van der Waals surface area contributed by atoms with Crippen molar-refractivity contribution in [2.45, 2.75) is 0 Å². The fraction of sp³-hybridized carbons (Fsp3) is 0. The van der Waals surface area contributed by atoms with Gasteiger partial charge in [-0.15, -0.1) is 0 Å². The van der Waals surface area contributed by atoms with E-state index in [-0.39, 0.29) is 5.95 Å². The van der Waals surface area contributed by atoms with Crippen LogP contribution in [0.5, 0.6) is 0 Å². The molecule has 3 aromatic carbocycles. The summed E-state index contributed by atoms with van der Waals surface area (Å²) in [6.45, 7) is 0. The monoisotopic (exact) mass is 352 g/mol. The third kappa shape index (κ3) is 2.73. The Balaban J connectivity index is 1.61. The molecule has 2 aromatic heterocycles. The smallest absolute Gasteiger partial charge is 0.219 e. The molecule has 0 aliphatic carbocycles. The highest BCUT2D eigenvalue weighted by atomic mass is 15.1. The van der Waals surface area contributed by atoms with Crippen molar-refractivity contribution in [3.8, 4) is 11.1 Å². The van der Waals surface area contributed by atoms with Gasteiger partial charge in [0.25, 0.3) is 0 Å². The first-order valence-corrected chi connectivity index (χ1v) is 8.59. The predicted octanol–water partition coefficient (Wildman–Crippen LogP) is 4.50. The molecule has 0 amide bonds. The molecule has 5 aromatic rings. The lowest BCUT2D eigenvalue weighted by molar-refractivity contribution is 1.19. The number of hydrogen-bond donors (Lipinski definition) is 3. The van der Waals surface area contributed by atoms with Crippen LogP contribution in [0.2, 0.25) is 0 Å². The molecule has 0 unspecified atom stereocenters. The van der Waals surface area contributed by atoms with E-state index in [2.05, 4.69) is 43.5 Å². The molecule has 6 heteroatoms. The Morgan fingerprint density at radius 2 is 1.56 bits per heavy atom. The van der Waals surface area contributed by atoms with Gasteiger partial charge >= 0.3 is 0 Å². The van der Waals surface area contributed by atoms with Crippen molar-refractivity contribution < 1.29 is 0 Å². The van der Waals surface area contributed by atoms with Gasteiger partial charge < -0.3 is 16.0 Å². The van der Waals surface area contributed by atoms with E-state index >= 15 is 0 Å². The Labute approximate surface area is 155 Å². The maximum absolute atomic E-state index is 5.62. The number of rotatable bonds is 3. The number of H-pyrrole nitrogens is 1. The molecule has 2 heterocycles. The molecule has 4 N–H and O–H groups in total. The molecular formula is C21H16N6. The molecule has 0 atom stereocenters. The predicted molar refractivity (Wildman–Crippen MR) is 109 cm³/mol. The van der Waals surface area contributed by atoms with Gasteiger partial charge in [-0.05, 0) is 29.1 Å². The Hall–Kier alpha value is -3.93. The van der Waals surface area contributed by atoms with Crippen LogP contribution in [-0.2, 0) is 0 Å². The van der Waals surface area contributed by atoms with Crippen molar-refractivity contribution in [3.05, 3.63) is 73.1 Å². The molecule has 0 aliphatic heterocycles. The lowest BCUT2D eigenvalue weighted by Crippen LogP contribution is -1.96. The number of anilines is 3. The van der Waals surface area contributed by atoms with Gasteiger partial charge in [0.1, 0.15) is 0 Å². The molecule has 0 saturated carbocycles. The zero-order valence-electron chi connectivity index (χ0n) is 14.3. The number of nitrogen functional groups attached to an aromatic ring is 1. The average Bonchev–Trinajstić information content (AvgIpc) is 3.11. The number of nitrogens with zero attached hydrogens (tertiary/aromatic N) is 3. The van der Waals surface area contributed by atoms with E-state index < -0.39 is 0 Å². The number of para-hydroxylation sites is 2. The highest BCUT2D eigenvalue weighted by Gasteiger charge is 2.10. The lowest BCUT2D eigenvalue weighted by atomic mass is 9.99. The lowest BCUT2D eigenvalue weighted by Gasteiger charge is -2.12. The second-order valence-corrected chi connectivity index (χ2v) is 6.26. The summed E-state index contributed by atoms with van der Waals surface area (Å²) in [6, 6.07) is 20.3. The Morgan fingerprint density at radius 3 is 2.37 bits per heavy atom. The number of fused-ring (bicyclic) bond motifs is 2. The molecule has 0 fully saturated rings. The first kappa shape index (κ1) is 15.3. The summed E-state index contributed by atoms with van der Waals surface area (Å²) < 4.78 is 0. The zero-order valence-corrected chi connectivity index (χ0v) is 14.3. The minimum absolute atomic E-state index is 0.270. The fourth-order valence-electron chi connectivity index (χ4n) is 3.28. The summed E-state index contributed by atoms with van der Waals surface area (Å²) in [4.78, 5) is 16.1. The van der Waals surface area contributed by atoms with E-state index in [4.69, 9.17) is 5.73 Å². The third-order valence-electron chi connectivity index (χ3n) is 4.55. The van der Waals surface area contributed by atoms with Crippen molar-refractivity contribution >= 4 is 39.4 Å². The van der Waals surface area contributed by atoms with E-state index in [1.807, 2.05) is 42.5 Å². The number of aromatic amines is 1. The van der Waals surface area contributed by atoms with Crippen LogP contribution in [0.3, 0.4) is 0 Å². The summed E-state index contributed by atoms with van der Waals surface area (Å²) in [5, 5.41) is 5.60. The van der Waals surface area contributed by atoms with Crippen molar-refractivity contribution in [1.29, 1.82) is 0 Å². The Kier molecular flexibility index (Phi) is 3.47. The molecule has 5 rings (SSSR count). The molecule has 0 radical (unpaired) electrons. The highest BCUT2D eigenvalue weighted by Crippen LogP contribution is 2.34. The number of hydrogen-bond acceptors (Lipinski definition) is 5. The van der Waals surface area contributed by atoms with E-state index in [9.17, 15) is 0 Å². The van der Waals surface area contributed by atoms with Gasteiger partial charge in [0.05, 0.1) is 11.0 Å². The van der Waals surface area contributed by atoms with E-state index in [0.717, 1.165) is 38.6 Å². The zero-order chi connectivity index (χ0) is 18.2. The molecule has 130 valence electrons. The van der Waals surface area contributed by atoms with Crippen LogP contribution in [0, 0.1) is 0 Å². The Morgan fingerprint density at radius 1 is 0.815 bits per heavy atom. The van der Waals surface area contributed by atoms with Crippen LogP contribution >= 0.6 is 0 Å². The van der Waals surface area contributed by atoms with Crippen LogP contribution in [0.1, 0.15) is 0 Å². The SMILES string of the molecule is Nc1ncc(-c2ccc(Nc3nc4ccccc4[nH]3)c3ccccc23)cn1. The molecule has 0 bridgehead atoms. The van der Waals surface area contributed by atoms with Gasteiger partial charge in [-0.3, -0.25) is 0 Å². The van der Waals surface area contributed by atoms with Gasteiger partial charge in [0, 0.05) is 29.0 Å². The molecule has 6 nitrogen and oxygen atoms in total. The maximum atomic E-state index is 5.62. The second-order valence-electron chi connectivity index (χ2n) is 6.26. The summed E-state index contributed by atoms with van der Waals surface area (Å²) in [6.07, 6.45) is 3.49. The number of nitrogens with one attached hydrogen (secondary N) is 2. The molecule has 0 aliphatic rings. The minimum Gasteiger partial charge on any atom is -0.368 e. The molecule has 27 heavy (non-hydrogen) atoms. The fourth-order valence-corrected chi connectivity index (χ4v) is 3.28. The summed E-state index contributed by atoms with van der Waals surface area (Å²) in [5.74, 6) is 0.983. The summed E-state index contributed by atoms with van der Waals surface area (Å²) >= 11 is 0. The Bertz CT molecular complexity index is 1220. The normalized spacial score (nSPS) is 11.1. The largest absolute Gasteiger partial charge is 0.368 e. The molecular weight excluding hydrogens is 336 g/mol. The maximum Gasteiger partial charge on any atom is 0.219 e. The molecule has 0 saturated heterocycles. The quantitative estimate of drug-likeness (QED) is 0.445. The van der Waals surface area contributed by atoms with Gasteiger partial charge in [-0.25, -0.2) is 15.0 Å². The van der Waals surface area contributed by atoms with E-state index in [0.29, 0.717) is 5.95 Å². The van der Waals surface area contributed by atoms with E-state index in [1.165, 1.54) is 0 Å².